The molecule has 224 valence electrons. The number of amides is 1. The Morgan fingerprint density at radius 3 is 2.64 bits per heavy atom. The van der Waals surface area contributed by atoms with Crippen molar-refractivity contribution in [2.24, 2.45) is 0 Å². The number of anilines is 2. The van der Waals surface area contributed by atoms with E-state index in [0.29, 0.717) is 48.9 Å². The fourth-order valence-corrected chi connectivity index (χ4v) is 5.71. The van der Waals surface area contributed by atoms with Gasteiger partial charge in [0.1, 0.15) is 29.8 Å². The number of pyridine rings is 1. The van der Waals surface area contributed by atoms with Crippen LogP contribution in [0.2, 0.25) is 0 Å². The molecule has 1 atom stereocenters. The molecule has 0 bridgehead atoms. The van der Waals surface area contributed by atoms with Gasteiger partial charge < -0.3 is 19.4 Å². The van der Waals surface area contributed by atoms with Crippen molar-refractivity contribution in [3.05, 3.63) is 111 Å². The third-order valence-electron chi connectivity index (χ3n) is 7.82. The Bertz CT molecular complexity index is 1800. The van der Waals surface area contributed by atoms with Gasteiger partial charge in [-0.25, -0.2) is 10.1 Å². The van der Waals surface area contributed by atoms with Gasteiger partial charge in [0, 0.05) is 44.5 Å². The second kappa shape index (κ2) is 11.7. The minimum atomic E-state index is -4.89. The van der Waals surface area contributed by atoms with Gasteiger partial charge in [0.25, 0.3) is 11.5 Å². The van der Waals surface area contributed by atoms with E-state index >= 15 is 0 Å². The first-order chi connectivity index (χ1) is 21.2. The van der Waals surface area contributed by atoms with E-state index < -0.39 is 23.3 Å². The number of hydrogen-bond donors (Lipinski definition) is 1. The second-order valence-electron chi connectivity index (χ2n) is 10.4. The standard InChI is InChI=1S/C31H26F3N7O3/c32-31(33,34)27-25(17-37-38-29(27)42)41-18-22-5-1-2-9-24(22)26(41)19-44-23-8-3-6-20(15-23)30(43)40-13-11-39(12-14-40)28-21(16-35)7-4-10-36-28/h1-10,15,17,26H,11-14,18-19H2,(H,38,42)/t26-/m0/s1. The van der Waals surface area contributed by atoms with Crippen molar-refractivity contribution in [3.63, 3.8) is 0 Å². The van der Waals surface area contributed by atoms with Crippen LogP contribution in [-0.2, 0) is 12.7 Å². The molecule has 0 saturated carbocycles. The number of alkyl halides is 3. The predicted octanol–water partition coefficient (Wildman–Crippen LogP) is 4.16. The van der Waals surface area contributed by atoms with Crippen LogP contribution < -0.4 is 20.1 Å². The van der Waals surface area contributed by atoms with E-state index in [9.17, 15) is 28.0 Å². The molecule has 13 heteroatoms. The highest BCUT2D eigenvalue weighted by atomic mass is 19.4. The number of rotatable bonds is 6. The molecule has 1 fully saturated rings. The van der Waals surface area contributed by atoms with Crippen LogP contribution in [0.15, 0.2) is 77.9 Å². The topological polar surface area (TPSA) is 118 Å². The first kappa shape index (κ1) is 28.7. The molecule has 10 nitrogen and oxygen atoms in total. The molecule has 1 N–H and O–H groups in total. The van der Waals surface area contributed by atoms with E-state index in [1.165, 1.54) is 4.90 Å². The third kappa shape index (κ3) is 5.54. The number of fused-ring (bicyclic) bond motifs is 1. The summed E-state index contributed by atoms with van der Waals surface area (Å²) in [7, 11) is 0. The maximum absolute atomic E-state index is 13.9. The highest BCUT2D eigenvalue weighted by Gasteiger charge is 2.42. The number of ether oxygens (including phenoxy) is 1. The van der Waals surface area contributed by atoms with Crippen molar-refractivity contribution < 1.29 is 22.7 Å². The zero-order valence-electron chi connectivity index (χ0n) is 23.3. The molecule has 2 aromatic heterocycles. The molecule has 2 aliphatic rings. The smallest absolute Gasteiger partial charge is 0.423 e. The number of nitrogens with zero attached hydrogens (tertiary/aromatic N) is 6. The van der Waals surface area contributed by atoms with E-state index in [0.717, 1.165) is 17.3 Å². The molecule has 0 aliphatic carbocycles. The van der Waals surface area contributed by atoms with Crippen LogP contribution in [0.1, 0.15) is 38.7 Å². The van der Waals surface area contributed by atoms with Crippen LogP contribution in [0.25, 0.3) is 0 Å². The van der Waals surface area contributed by atoms with Gasteiger partial charge in [-0.1, -0.05) is 30.3 Å². The van der Waals surface area contributed by atoms with E-state index in [1.54, 1.807) is 59.6 Å². The maximum atomic E-state index is 13.9. The lowest BCUT2D eigenvalue weighted by Gasteiger charge is -2.35. The summed E-state index contributed by atoms with van der Waals surface area (Å²) in [5, 5.41) is 14.9. The van der Waals surface area contributed by atoms with Crippen LogP contribution in [0.3, 0.4) is 0 Å². The number of aromatic amines is 1. The summed E-state index contributed by atoms with van der Waals surface area (Å²) >= 11 is 0. The number of H-pyrrole nitrogens is 1. The molecular formula is C31H26F3N7O3. The maximum Gasteiger partial charge on any atom is 0.423 e. The zero-order chi connectivity index (χ0) is 30.8. The predicted molar refractivity (Wildman–Crippen MR) is 154 cm³/mol. The number of nitrogens with one attached hydrogen (secondary N) is 1. The molecule has 1 amide bonds. The van der Waals surface area contributed by atoms with Crippen LogP contribution in [0.5, 0.6) is 5.75 Å². The van der Waals surface area contributed by atoms with Crippen LogP contribution in [-0.4, -0.2) is 58.8 Å². The summed E-state index contributed by atoms with van der Waals surface area (Å²) in [4.78, 5) is 35.1. The van der Waals surface area contributed by atoms with E-state index in [-0.39, 0.29) is 24.7 Å². The quantitative estimate of drug-likeness (QED) is 0.350. The van der Waals surface area contributed by atoms with Crippen molar-refractivity contribution >= 4 is 17.4 Å². The molecule has 0 unspecified atom stereocenters. The minimum Gasteiger partial charge on any atom is -0.491 e. The SMILES string of the molecule is N#Cc1cccnc1N1CCN(C(=O)c2cccc(OC[C@H]3c4ccccc4CN3c3cn[nH]c(=O)c3C(F)(F)F)c2)CC1. The van der Waals surface area contributed by atoms with Crippen LogP contribution in [0.4, 0.5) is 24.7 Å². The van der Waals surface area contributed by atoms with E-state index in [4.69, 9.17) is 4.74 Å². The summed E-state index contributed by atoms with van der Waals surface area (Å²) in [5.41, 5.74) is -0.489. The average Bonchev–Trinajstić information content (AvgIpc) is 3.41. The Balaban J connectivity index is 1.18. The molecule has 4 heterocycles. The molecule has 2 aromatic carbocycles. The molecular weight excluding hydrogens is 575 g/mol. The summed E-state index contributed by atoms with van der Waals surface area (Å²) in [6.45, 7) is 2.00. The highest BCUT2D eigenvalue weighted by Crippen LogP contribution is 2.42. The number of carbonyl (C=O) groups is 1. The van der Waals surface area contributed by atoms with Crippen molar-refractivity contribution in [1.29, 1.82) is 5.26 Å². The van der Waals surface area contributed by atoms with Gasteiger partial charge in [-0.3, -0.25) is 9.59 Å². The van der Waals surface area contributed by atoms with Gasteiger partial charge in [0.15, 0.2) is 0 Å². The minimum absolute atomic E-state index is 0.0390. The van der Waals surface area contributed by atoms with Crippen molar-refractivity contribution in [2.75, 3.05) is 42.6 Å². The summed E-state index contributed by atoms with van der Waals surface area (Å²) in [6, 6.07) is 18.8. The molecule has 6 rings (SSSR count). The molecule has 2 aliphatic heterocycles. The van der Waals surface area contributed by atoms with Crippen molar-refractivity contribution in [2.45, 2.75) is 18.8 Å². The van der Waals surface area contributed by atoms with Gasteiger partial charge in [-0.05, 0) is 41.5 Å². The van der Waals surface area contributed by atoms with Crippen LogP contribution in [0, 0.1) is 11.3 Å². The van der Waals surface area contributed by atoms with Crippen LogP contribution >= 0.6 is 0 Å². The number of nitriles is 1. The van der Waals surface area contributed by atoms with Gasteiger partial charge in [0.2, 0.25) is 0 Å². The number of carbonyl (C=O) groups excluding carboxylic acids is 1. The van der Waals surface area contributed by atoms with Gasteiger partial charge in [-0.2, -0.15) is 23.5 Å². The number of aromatic nitrogens is 3. The second-order valence-corrected chi connectivity index (χ2v) is 10.4. The summed E-state index contributed by atoms with van der Waals surface area (Å²) < 4.78 is 47.9. The van der Waals surface area contributed by atoms with E-state index in [1.807, 2.05) is 22.1 Å². The Kier molecular flexibility index (Phi) is 7.65. The molecule has 44 heavy (non-hydrogen) atoms. The number of hydrogen-bond acceptors (Lipinski definition) is 8. The number of benzene rings is 2. The van der Waals surface area contributed by atoms with E-state index in [2.05, 4.69) is 16.2 Å². The number of halogens is 3. The lowest BCUT2D eigenvalue weighted by Crippen LogP contribution is -2.49. The monoisotopic (exact) mass is 601 g/mol. The third-order valence-corrected chi connectivity index (χ3v) is 7.82. The molecule has 1 saturated heterocycles. The lowest BCUT2D eigenvalue weighted by molar-refractivity contribution is -0.138. The number of piperazine rings is 1. The van der Waals surface area contributed by atoms with Crippen molar-refractivity contribution in [1.82, 2.24) is 20.1 Å². The fourth-order valence-electron chi connectivity index (χ4n) is 5.71. The molecule has 0 spiro atoms. The fraction of sp³-hybridized carbons (Fsp3) is 0.258. The summed E-state index contributed by atoms with van der Waals surface area (Å²) in [5.74, 6) is 0.790. The Hall–Kier alpha value is -5.38. The first-order valence-electron chi connectivity index (χ1n) is 13.9. The lowest BCUT2D eigenvalue weighted by atomic mass is 10.1. The van der Waals surface area contributed by atoms with Gasteiger partial charge >= 0.3 is 6.18 Å². The first-order valence-corrected chi connectivity index (χ1v) is 13.9. The van der Waals surface area contributed by atoms with Gasteiger partial charge in [-0.15, -0.1) is 0 Å². The Morgan fingerprint density at radius 2 is 1.86 bits per heavy atom. The largest absolute Gasteiger partial charge is 0.491 e. The Morgan fingerprint density at radius 1 is 1.07 bits per heavy atom. The highest BCUT2D eigenvalue weighted by molar-refractivity contribution is 5.94. The molecule has 4 aromatic rings. The molecule has 0 radical (unpaired) electrons. The van der Waals surface area contributed by atoms with Crippen molar-refractivity contribution in [3.8, 4) is 11.8 Å². The Labute approximate surface area is 249 Å². The van der Waals surface area contributed by atoms with Gasteiger partial charge in [0.05, 0.1) is 23.5 Å². The average molecular weight is 602 g/mol. The normalized spacial score (nSPS) is 16.4. The zero-order valence-corrected chi connectivity index (χ0v) is 23.3. The summed E-state index contributed by atoms with van der Waals surface area (Å²) in [6.07, 6.45) is -2.24.